The van der Waals surface area contributed by atoms with Gasteiger partial charge in [0.15, 0.2) is 0 Å². The highest BCUT2D eigenvalue weighted by Gasteiger charge is 2.17. The molecular weight excluding hydrogens is 213 g/mol. The molecule has 0 fully saturated rings. The maximum absolute atomic E-state index is 13.2. The Morgan fingerprint density at radius 3 is 2.75 bits per heavy atom. The summed E-state index contributed by atoms with van der Waals surface area (Å²) in [5.41, 5.74) is -0.175. The molecule has 0 aliphatic rings. The van der Waals surface area contributed by atoms with Crippen molar-refractivity contribution in [3.8, 4) is 11.8 Å². The van der Waals surface area contributed by atoms with E-state index in [4.69, 9.17) is 14.7 Å². The van der Waals surface area contributed by atoms with Crippen molar-refractivity contribution >= 4 is 5.97 Å². The molecule has 0 aliphatic carbocycles. The van der Waals surface area contributed by atoms with Crippen molar-refractivity contribution in [3.63, 3.8) is 0 Å². The zero-order valence-electron chi connectivity index (χ0n) is 8.91. The SMILES string of the molecule is CCOC(=O)c1cc(C#N)c(F)cc1OC. The van der Waals surface area contributed by atoms with E-state index < -0.39 is 11.8 Å². The van der Waals surface area contributed by atoms with Gasteiger partial charge in [0.25, 0.3) is 0 Å². The van der Waals surface area contributed by atoms with E-state index >= 15 is 0 Å². The van der Waals surface area contributed by atoms with Crippen LogP contribution in [0.2, 0.25) is 0 Å². The zero-order chi connectivity index (χ0) is 12.1. The molecule has 1 rings (SSSR count). The van der Waals surface area contributed by atoms with Crippen molar-refractivity contribution in [2.24, 2.45) is 0 Å². The minimum absolute atomic E-state index is 0.0438. The Bertz CT molecular complexity index is 451. The lowest BCUT2D eigenvalue weighted by Crippen LogP contribution is -2.08. The van der Waals surface area contributed by atoms with E-state index in [-0.39, 0.29) is 23.5 Å². The van der Waals surface area contributed by atoms with Gasteiger partial charge in [0, 0.05) is 6.07 Å². The molecule has 0 aromatic heterocycles. The second-order valence-electron chi connectivity index (χ2n) is 2.86. The van der Waals surface area contributed by atoms with Gasteiger partial charge in [-0.2, -0.15) is 5.26 Å². The number of nitriles is 1. The summed E-state index contributed by atoms with van der Waals surface area (Å²) in [5, 5.41) is 8.64. The quantitative estimate of drug-likeness (QED) is 0.734. The Labute approximate surface area is 92.2 Å². The predicted molar refractivity (Wildman–Crippen MR) is 53.6 cm³/mol. The summed E-state index contributed by atoms with van der Waals surface area (Å²) >= 11 is 0. The fraction of sp³-hybridized carbons (Fsp3) is 0.273. The number of esters is 1. The number of nitrogens with zero attached hydrogens (tertiary/aromatic N) is 1. The first-order valence-corrected chi connectivity index (χ1v) is 4.58. The van der Waals surface area contributed by atoms with Gasteiger partial charge < -0.3 is 9.47 Å². The minimum atomic E-state index is -0.729. The molecule has 0 saturated heterocycles. The second-order valence-corrected chi connectivity index (χ2v) is 2.86. The maximum atomic E-state index is 13.2. The molecule has 0 atom stereocenters. The van der Waals surface area contributed by atoms with Crippen LogP contribution in [0.25, 0.3) is 0 Å². The summed E-state index contributed by atoms with van der Waals surface area (Å²) in [6.45, 7) is 1.85. The number of hydrogen-bond acceptors (Lipinski definition) is 4. The molecule has 0 amide bonds. The summed E-state index contributed by atoms with van der Waals surface area (Å²) in [4.78, 5) is 11.5. The lowest BCUT2D eigenvalue weighted by Gasteiger charge is -2.08. The van der Waals surface area contributed by atoms with Gasteiger partial charge in [-0.05, 0) is 13.0 Å². The molecule has 0 bridgehead atoms. The summed E-state index contributed by atoms with van der Waals surface area (Å²) in [7, 11) is 1.31. The third-order valence-corrected chi connectivity index (χ3v) is 1.90. The second kappa shape index (κ2) is 5.12. The number of rotatable bonds is 3. The summed E-state index contributed by atoms with van der Waals surface area (Å²) in [6, 6.07) is 3.75. The first kappa shape index (κ1) is 12.0. The molecule has 5 heteroatoms. The number of benzene rings is 1. The summed E-state index contributed by atoms with van der Waals surface area (Å²) in [5.74, 6) is -1.32. The normalized spacial score (nSPS) is 9.38. The van der Waals surface area contributed by atoms with Gasteiger partial charge in [-0.25, -0.2) is 9.18 Å². The topological polar surface area (TPSA) is 59.3 Å². The number of halogens is 1. The van der Waals surface area contributed by atoms with Crippen LogP contribution in [0.3, 0.4) is 0 Å². The van der Waals surface area contributed by atoms with E-state index in [1.165, 1.54) is 7.11 Å². The fourth-order valence-electron chi connectivity index (χ4n) is 1.18. The van der Waals surface area contributed by atoms with Crippen molar-refractivity contribution in [1.82, 2.24) is 0 Å². The van der Waals surface area contributed by atoms with E-state index in [0.717, 1.165) is 12.1 Å². The number of methoxy groups -OCH3 is 1. The van der Waals surface area contributed by atoms with Gasteiger partial charge >= 0.3 is 5.97 Å². The van der Waals surface area contributed by atoms with Crippen molar-refractivity contribution in [1.29, 1.82) is 5.26 Å². The van der Waals surface area contributed by atoms with Gasteiger partial charge in [0.2, 0.25) is 0 Å². The van der Waals surface area contributed by atoms with Crippen molar-refractivity contribution in [3.05, 3.63) is 29.1 Å². The van der Waals surface area contributed by atoms with Gasteiger partial charge in [0.05, 0.1) is 19.3 Å². The fourth-order valence-corrected chi connectivity index (χ4v) is 1.18. The minimum Gasteiger partial charge on any atom is -0.496 e. The molecule has 0 radical (unpaired) electrons. The van der Waals surface area contributed by atoms with Crippen LogP contribution in [0, 0.1) is 17.1 Å². The lowest BCUT2D eigenvalue weighted by atomic mass is 10.1. The Kier molecular flexibility index (Phi) is 3.84. The average Bonchev–Trinajstić information content (AvgIpc) is 2.28. The summed E-state index contributed by atoms with van der Waals surface area (Å²) in [6.07, 6.45) is 0. The largest absolute Gasteiger partial charge is 0.496 e. The van der Waals surface area contributed by atoms with E-state index in [1.807, 2.05) is 0 Å². The molecule has 16 heavy (non-hydrogen) atoms. The third-order valence-electron chi connectivity index (χ3n) is 1.90. The van der Waals surface area contributed by atoms with Crippen LogP contribution >= 0.6 is 0 Å². The van der Waals surface area contributed by atoms with Crippen molar-refractivity contribution in [2.45, 2.75) is 6.92 Å². The van der Waals surface area contributed by atoms with Crippen LogP contribution < -0.4 is 4.74 Å². The molecule has 1 aromatic carbocycles. The predicted octanol–water partition coefficient (Wildman–Crippen LogP) is 1.88. The number of carbonyl (C=O) groups excluding carboxylic acids is 1. The van der Waals surface area contributed by atoms with Gasteiger partial charge in [-0.3, -0.25) is 0 Å². The number of carbonyl (C=O) groups is 1. The number of ether oxygens (including phenoxy) is 2. The molecule has 0 spiro atoms. The van der Waals surface area contributed by atoms with Crippen LogP contribution in [0.4, 0.5) is 4.39 Å². The first-order valence-electron chi connectivity index (χ1n) is 4.58. The van der Waals surface area contributed by atoms with E-state index in [9.17, 15) is 9.18 Å². The zero-order valence-corrected chi connectivity index (χ0v) is 8.91. The standard InChI is InChI=1S/C11H10FNO3/c1-3-16-11(14)8-4-7(6-13)9(12)5-10(8)15-2/h4-5H,3H2,1-2H3. The van der Waals surface area contributed by atoms with Gasteiger partial charge in [-0.15, -0.1) is 0 Å². The Morgan fingerprint density at radius 2 is 2.25 bits per heavy atom. The Morgan fingerprint density at radius 1 is 1.56 bits per heavy atom. The number of hydrogen-bond donors (Lipinski definition) is 0. The Balaban J connectivity index is 3.26. The van der Waals surface area contributed by atoms with Gasteiger partial charge in [-0.1, -0.05) is 0 Å². The first-order chi connectivity index (χ1) is 7.63. The molecule has 0 heterocycles. The van der Waals surface area contributed by atoms with Crippen molar-refractivity contribution in [2.75, 3.05) is 13.7 Å². The van der Waals surface area contributed by atoms with Crippen molar-refractivity contribution < 1.29 is 18.7 Å². The monoisotopic (exact) mass is 223 g/mol. The molecular formula is C11H10FNO3. The highest BCUT2D eigenvalue weighted by Crippen LogP contribution is 2.23. The third kappa shape index (κ3) is 2.28. The van der Waals surface area contributed by atoms with Crippen LogP contribution in [0.5, 0.6) is 5.75 Å². The average molecular weight is 223 g/mol. The van der Waals surface area contributed by atoms with E-state index in [1.54, 1.807) is 13.0 Å². The van der Waals surface area contributed by atoms with Crippen LogP contribution in [0.15, 0.2) is 12.1 Å². The van der Waals surface area contributed by atoms with Crippen LogP contribution in [-0.2, 0) is 4.74 Å². The van der Waals surface area contributed by atoms with Gasteiger partial charge in [0.1, 0.15) is 23.2 Å². The van der Waals surface area contributed by atoms with E-state index in [2.05, 4.69) is 0 Å². The molecule has 0 aliphatic heterocycles. The highest BCUT2D eigenvalue weighted by molar-refractivity contribution is 5.93. The molecule has 1 aromatic rings. The van der Waals surface area contributed by atoms with Crippen LogP contribution in [-0.4, -0.2) is 19.7 Å². The summed E-state index contributed by atoms with van der Waals surface area (Å²) < 4.78 is 22.8. The highest BCUT2D eigenvalue weighted by atomic mass is 19.1. The molecule has 0 N–H and O–H groups in total. The molecule has 4 nitrogen and oxygen atoms in total. The van der Waals surface area contributed by atoms with E-state index in [0.29, 0.717) is 0 Å². The Hall–Kier alpha value is -2.09. The molecule has 84 valence electrons. The smallest absolute Gasteiger partial charge is 0.341 e. The molecule has 0 unspecified atom stereocenters. The maximum Gasteiger partial charge on any atom is 0.341 e. The van der Waals surface area contributed by atoms with Crippen LogP contribution in [0.1, 0.15) is 22.8 Å². The molecule has 0 saturated carbocycles. The lowest BCUT2D eigenvalue weighted by molar-refractivity contribution is 0.0522.